The number of aromatic amines is 2. The lowest BCUT2D eigenvalue weighted by atomic mass is 9.83. The second-order valence-corrected chi connectivity index (χ2v) is 8.69. The summed E-state index contributed by atoms with van der Waals surface area (Å²) < 4.78 is 0. The third-order valence-electron chi connectivity index (χ3n) is 6.86. The molecule has 7 rings (SSSR count). The summed E-state index contributed by atoms with van der Waals surface area (Å²) in [6.45, 7) is 5.51. The minimum absolute atomic E-state index is 0.115. The molecule has 30 heavy (non-hydrogen) atoms. The Balaban J connectivity index is 1.58. The third-order valence-corrected chi connectivity index (χ3v) is 6.86. The number of piperidine rings is 3. The summed E-state index contributed by atoms with van der Waals surface area (Å²) in [5.41, 5.74) is 5.20. The number of para-hydroxylation sites is 2. The van der Waals surface area contributed by atoms with Crippen LogP contribution < -0.4 is 10.9 Å². The summed E-state index contributed by atoms with van der Waals surface area (Å²) in [4.78, 5) is 27.0. The van der Waals surface area contributed by atoms with Gasteiger partial charge < -0.3 is 20.2 Å². The van der Waals surface area contributed by atoms with Crippen LogP contribution in [0, 0.1) is 12.8 Å². The number of nitrogens with zero attached hydrogens (tertiary/aromatic N) is 2. The minimum atomic E-state index is -0.115. The number of H-pyrrole nitrogens is 2. The van der Waals surface area contributed by atoms with Crippen LogP contribution in [-0.4, -0.2) is 45.5 Å². The quantitative estimate of drug-likeness (QED) is 0.489. The molecule has 1 atom stereocenters. The van der Waals surface area contributed by atoms with Gasteiger partial charge in [0.05, 0.1) is 22.2 Å². The number of fused-ring (bicyclic) bond motifs is 5. The zero-order valence-electron chi connectivity index (χ0n) is 17.0. The van der Waals surface area contributed by atoms with Crippen LogP contribution in [-0.2, 0) is 0 Å². The van der Waals surface area contributed by atoms with E-state index >= 15 is 0 Å². The fraction of sp³-hybridized carbons (Fsp3) is 0.333. The second-order valence-electron chi connectivity index (χ2n) is 8.69. The van der Waals surface area contributed by atoms with Gasteiger partial charge in [0.15, 0.2) is 0 Å². The first-order valence-corrected chi connectivity index (χ1v) is 10.8. The van der Waals surface area contributed by atoms with Gasteiger partial charge in [-0.15, -0.1) is 0 Å². The molecule has 2 aromatic carbocycles. The second kappa shape index (κ2) is 6.71. The summed E-state index contributed by atoms with van der Waals surface area (Å²) >= 11 is 0. The number of benzene rings is 2. The Morgan fingerprint density at radius 2 is 1.83 bits per heavy atom. The number of hydrogen-bond acceptors (Lipinski definition) is 4. The van der Waals surface area contributed by atoms with Gasteiger partial charge in [-0.1, -0.05) is 24.3 Å². The highest BCUT2D eigenvalue weighted by Gasteiger charge is 2.35. The van der Waals surface area contributed by atoms with Crippen LogP contribution in [0.25, 0.3) is 33.3 Å². The SMILES string of the molecule is Cc1cccc2[nH]c(=O)c(-c3nc4ccccc4[nH]3)c(N[C@H]3CN4CCC3CC4)c12. The maximum atomic E-state index is 13.3. The van der Waals surface area contributed by atoms with Gasteiger partial charge in [-0.2, -0.15) is 0 Å². The Bertz CT molecular complexity index is 1280. The predicted molar refractivity (Wildman–Crippen MR) is 121 cm³/mol. The first kappa shape index (κ1) is 17.7. The minimum Gasteiger partial charge on any atom is -0.379 e. The van der Waals surface area contributed by atoms with Crippen molar-refractivity contribution in [1.82, 2.24) is 19.9 Å². The number of imidazole rings is 1. The van der Waals surface area contributed by atoms with Crippen molar-refractivity contribution in [1.29, 1.82) is 0 Å². The van der Waals surface area contributed by atoms with Crippen LogP contribution in [0.2, 0.25) is 0 Å². The molecule has 4 aromatic rings. The van der Waals surface area contributed by atoms with Crippen LogP contribution in [0.15, 0.2) is 47.3 Å². The Kier molecular flexibility index (Phi) is 3.96. The van der Waals surface area contributed by atoms with E-state index < -0.39 is 0 Å². The standard InChI is InChI=1S/C24H25N5O/c1-14-5-4-8-18-20(14)22(25-19-13-29-11-9-15(19)10-12-29)21(24(30)28-18)23-26-16-6-2-3-7-17(16)27-23/h2-8,15,19H,9-13H2,1H3,(H,26,27)(H2,25,28,30)/t19-/m0/s1. The van der Waals surface area contributed by atoms with E-state index in [4.69, 9.17) is 4.98 Å². The lowest BCUT2D eigenvalue weighted by Gasteiger charge is -2.45. The van der Waals surface area contributed by atoms with Crippen molar-refractivity contribution in [2.75, 3.05) is 25.0 Å². The smallest absolute Gasteiger partial charge is 0.261 e. The topological polar surface area (TPSA) is 76.8 Å². The fourth-order valence-electron chi connectivity index (χ4n) is 5.28. The number of anilines is 1. The molecule has 5 heterocycles. The van der Waals surface area contributed by atoms with Crippen molar-refractivity contribution >= 4 is 27.6 Å². The first-order valence-electron chi connectivity index (χ1n) is 10.8. The molecule has 3 aliphatic rings. The molecule has 2 aromatic heterocycles. The van der Waals surface area contributed by atoms with Crippen LogP contribution in [0.4, 0.5) is 5.69 Å². The molecule has 0 aliphatic carbocycles. The predicted octanol–water partition coefficient (Wildman–Crippen LogP) is 3.89. The number of aryl methyl sites for hydroxylation is 1. The Hall–Kier alpha value is -3.12. The van der Waals surface area contributed by atoms with Crippen molar-refractivity contribution in [3.05, 3.63) is 58.4 Å². The summed E-state index contributed by atoms with van der Waals surface area (Å²) in [7, 11) is 0. The summed E-state index contributed by atoms with van der Waals surface area (Å²) in [6, 6.07) is 14.3. The van der Waals surface area contributed by atoms with Gasteiger partial charge in [-0.05, 0) is 62.5 Å². The molecule has 3 N–H and O–H groups in total. The average molecular weight is 399 g/mol. The average Bonchev–Trinajstić information content (AvgIpc) is 3.18. The van der Waals surface area contributed by atoms with Gasteiger partial charge in [-0.3, -0.25) is 4.79 Å². The number of pyridine rings is 1. The van der Waals surface area contributed by atoms with Gasteiger partial charge in [0.25, 0.3) is 5.56 Å². The maximum absolute atomic E-state index is 13.3. The highest BCUT2D eigenvalue weighted by atomic mass is 16.1. The molecule has 0 spiro atoms. The molecule has 3 aliphatic heterocycles. The van der Waals surface area contributed by atoms with Crippen LogP contribution >= 0.6 is 0 Å². The highest BCUT2D eigenvalue weighted by molar-refractivity contribution is 6.01. The van der Waals surface area contributed by atoms with Crippen LogP contribution in [0.3, 0.4) is 0 Å². The molecule has 0 saturated carbocycles. The monoisotopic (exact) mass is 399 g/mol. The molecule has 6 heteroatoms. The highest BCUT2D eigenvalue weighted by Crippen LogP contribution is 2.36. The molecule has 0 radical (unpaired) electrons. The van der Waals surface area contributed by atoms with Crippen LogP contribution in [0.5, 0.6) is 0 Å². The fourth-order valence-corrected chi connectivity index (χ4v) is 5.28. The zero-order valence-corrected chi connectivity index (χ0v) is 17.0. The van der Waals surface area contributed by atoms with Gasteiger partial charge in [0, 0.05) is 18.0 Å². The molecule has 3 saturated heterocycles. The van der Waals surface area contributed by atoms with Crippen molar-refractivity contribution in [3.63, 3.8) is 0 Å². The number of nitrogens with one attached hydrogen (secondary N) is 3. The summed E-state index contributed by atoms with van der Waals surface area (Å²) in [5.74, 6) is 1.27. The summed E-state index contributed by atoms with van der Waals surface area (Å²) in [5, 5.41) is 4.90. The molecular formula is C24H25N5O. The lowest BCUT2D eigenvalue weighted by molar-refractivity contribution is 0.0976. The van der Waals surface area contributed by atoms with E-state index in [1.807, 2.05) is 36.4 Å². The lowest BCUT2D eigenvalue weighted by Crippen LogP contribution is -2.53. The Morgan fingerprint density at radius 3 is 2.60 bits per heavy atom. The van der Waals surface area contributed by atoms with Crippen LogP contribution in [0.1, 0.15) is 18.4 Å². The van der Waals surface area contributed by atoms with E-state index in [-0.39, 0.29) is 5.56 Å². The van der Waals surface area contributed by atoms with Gasteiger partial charge in [0.2, 0.25) is 0 Å². The van der Waals surface area contributed by atoms with Gasteiger partial charge in [-0.25, -0.2) is 4.98 Å². The molecule has 0 unspecified atom stereocenters. The van der Waals surface area contributed by atoms with E-state index in [1.54, 1.807) is 0 Å². The zero-order chi connectivity index (χ0) is 20.2. The molecular weight excluding hydrogens is 374 g/mol. The first-order chi connectivity index (χ1) is 14.7. The summed E-state index contributed by atoms with van der Waals surface area (Å²) in [6.07, 6.45) is 2.44. The maximum Gasteiger partial charge on any atom is 0.261 e. The van der Waals surface area contributed by atoms with Crippen molar-refractivity contribution < 1.29 is 0 Å². The van der Waals surface area contributed by atoms with E-state index in [9.17, 15) is 4.79 Å². The Morgan fingerprint density at radius 1 is 1.03 bits per heavy atom. The molecule has 6 nitrogen and oxygen atoms in total. The molecule has 0 amide bonds. The van der Waals surface area contributed by atoms with Gasteiger partial charge >= 0.3 is 0 Å². The largest absolute Gasteiger partial charge is 0.379 e. The number of rotatable bonds is 3. The molecule has 152 valence electrons. The van der Waals surface area contributed by atoms with E-state index in [2.05, 4.69) is 33.2 Å². The normalized spacial score (nSPS) is 23.3. The van der Waals surface area contributed by atoms with Crippen molar-refractivity contribution in [2.24, 2.45) is 5.92 Å². The van der Waals surface area contributed by atoms with E-state index in [0.717, 1.165) is 39.7 Å². The molecule has 3 fully saturated rings. The van der Waals surface area contributed by atoms with E-state index in [1.165, 1.54) is 25.9 Å². The van der Waals surface area contributed by atoms with Crippen molar-refractivity contribution in [2.45, 2.75) is 25.8 Å². The number of hydrogen-bond donors (Lipinski definition) is 3. The van der Waals surface area contributed by atoms with Gasteiger partial charge in [0.1, 0.15) is 11.4 Å². The van der Waals surface area contributed by atoms with Crippen molar-refractivity contribution in [3.8, 4) is 11.4 Å². The molecule has 2 bridgehead atoms. The third kappa shape index (κ3) is 2.75. The Labute approximate surface area is 174 Å². The number of aromatic nitrogens is 3. The van der Waals surface area contributed by atoms with E-state index in [0.29, 0.717) is 23.3 Å².